The van der Waals surface area contributed by atoms with Gasteiger partial charge in [0.25, 0.3) is 0 Å². The molecule has 0 heterocycles. The van der Waals surface area contributed by atoms with Crippen LogP contribution in [0.4, 0.5) is 8.78 Å². The maximum Gasteiger partial charge on any atom is 0.170 e. The van der Waals surface area contributed by atoms with Crippen LogP contribution < -0.4 is 9.47 Å². The Morgan fingerprint density at radius 2 is 0.976 bits per heavy atom. The summed E-state index contributed by atoms with van der Waals surface area (Å²) in [5, 5.41) is 0. The standard InChI is InChI=1S/C36H45F2O2S/c1-26(2)35(20-10-6-11-21-35)39-33-18-16-29(24-31(33)37)41(28-14-8-5-9-15-28)30-17-19-34(32(38)25-30)40-36(27(3)4)22-12-7-13-23-36/h5,8-9,14-19,24-27H,6-7,10-13,20-23H2,1-4H3/q+1. The van der Waals surface area contributed by atoms with Crippen molar-refractivity contribution in [2.45, 2.75) is 118 Å². The van der Waals surface area contributed by atoms with E-state index in [2.05, 4.69) is 27.7 Å². The highest BCUT2D eigenvalue weighted by molar-refractivity contribution is 7.97. The molecule has 0 aromatic heterocycles. The molecule has 0 N–H and O–H groups in total. The molecule has 0 unspecified atom stereocenters. The van der Waals surface area contributed by atoms with E-state index in [1.54, 1.807) is 24.3 Å². The maximum atomic E-state index is 15.7. The van der Waals surface area contributed by atoms with E-state index in [1.165, 1.54) is 12.8 Å². The molecule has 0 spiro atoms. The van der Waals surface area contributed by atoms with Crippen LogP contribution in [0.5, 0.6) is 11.5 Å². The Kier molecular flexibility index (Phi) is 9.33. The Labute approximate surface area is 248 Å². The Morgan fingerprint density at radius 3 is 1.34 bits per heavy atom. The van der Waals surface area contributed by atoms with Crippen LogP contribution in [0.1, 0.15) is 91.9 Å². The first-order valence-corrected chi connectivity index (χ1v) is 16.7. The zero-order valence-electron chi connectivity index (χ0n) is 25.1. The van der Waals surface area contributed by atoms with Crippen molar-refractivity contribution in [2.24, 2.45) is 11.8 Å². The molecule has 0 radical (unpaired) electrons. The lowest BCUT2D eigenvalue weighted by atomic mass is 9.77. The maximum absolute atomic E-state index is 15.7. The largest absolute Gasteiger partial charge is 0.484 e. The van der Waals surface area contributed by atoms with Gasteiger partial charge in [-0.25, -0.2) is 8.78 Å². The highest BCUT2D eigenvalue weighted by Crippen LogP contribution is 2.42. The fraction of sp³-hybridized carbons (Fsp3) is 0.500. The molecule has 5 rings (SSSR count). The van der Waals surface area contributed by atoms with Crippen LogP contribution in [0.2, 0.25) is 0 Å². The third-order valence-electron chi connectivity index (χ3n) is 9.39. The summed E-state index contributed by atoms with van der Waals surface area (Å²) in [5.74, 6) is 0.488. The van der Waals surface area contributed by atoms with Crippen LogP contribution in [-0.4, -0.2) is 11.2 Å². The van der Waals surface area contributed by atoms with Crippen LogP contribution in [0, 0.1) is 23.5 Å². The first-order valence-electron chi connectivity index (χ1n) is 15.5. The fourth-order valence-electron chi connectivity index (χ4n) is 6.68. The lowest BCUT2D eigenvalue weighted by Crippen LogP contribution is -2.43. The number of halogens is 2. The first-order chi connectivity index (χ1) is 19.7. The van der Waals surface area contributed by atoms with Gasteiger partial charge in [-0.15, -0.1) is 0 Å². The van der Waals surface area contributed by atoms with E-state index >= 15 is 8.78 Å². The van der Waals surface area contributed by atoms with Gasteiger partial charge >= 0.3 is 0 Å². The van der Waals surface area contributed by atoms with Crippen LogP contribution in [0.25, 0.3) is 0 Å². The van der Waals surface area contributed by atoms with Crippen molar-refractivity contribution in [1.82, 2.24) is 0 Å². The molecular formula is C36H45F2O2S+. The van der Waals surface area contributed by atoms with Gasteiger partial charge in [0.1, 0.15) is 11.2 Å². The predicted octanol–water partition coefficient (Wildman–Crippen LogP) is 10.5. The van der Waals surface area contributed by atoms with Gasteiger partial charge in [-0.2, -0.15) is 0 Å². The monoisotopic (exact) mass is 579 g/mol. The molecule has 41 heavy (non-hydrogen) atoms. The molecule has 0 atom stereocenters. The summed E-state index contributed by atoms with van der Waals surface area (Å²) < 4.78 is 44.4. The summed E-state index contributed by atoms with van der Waals surface area (Å²) in [6, 6.07) is 20.6. The third kappa shape index (κ3) is 6.45. The number of benzene rings is 3. The van der Waals surface area contributed by atoms with Gasteiger partial charge in [0.05, 0.1) is 10.9 Å². The third-order valence-corrected chi connectivity index (χ3v) is 11.6. The van der Waals surface area contributed by atoms with Crippen molar-refractivity contribution in [1.29, 1.82) is 0 Å². The van der Waals surface area contributed by atoms with E-state index < -0.39 is 10.9 Å². The van der Waals surface area contributed by atoms with Gasteiger partial charge in [-0.05, 0) is 99.6 Å². The lowest BCUT2D eigenvalue weighted by Gasteiger charge is -2.41. The molecule has 2 saturated carbocycles. The minimum absolute atomic E-state index is 0.299. The zero-order valence-corrected chi connectivity index (χ0v) is 25.9. The number of hydrogen-bond acceptors (Lipinski definition) is 2. The van der Waals surface area contributed by atoms with E-state index in [1.807, 2.05) is 42.5 Å². The topological polar surface area (TPSA) is 18.5 Å². The zero-order chi connectivity index (χ0) is 29.0. The lowest BCUT2D eigenvalue weighted by molar-refractivity contribution is -0.0150. The highest BCUT2D eigenvalue weighted by atomic mass is 32.2. The molecule has 0 saturated heterocycles. The first kappa shape index (κ1) is 29.9. The predicted molar refractivity (Wildman–Crippen MR) is 164 cm³/mol. The van der Waals surface area contributed by atoms with Gasteiger partial charge in [0.15, 0.2) is 37.8 Å². The second-order valence-corrected chi connectivity index (χ2v) is 14.6. The second kappa shape index (κ2) is 12.8. The molecule has 0 aliphatic heterocycles. The van der Waals surface area contributed by atoms with Crippen LogP contribution in [0.3, 0.4) is 0 Å². The molecule has 2 nitrogen and oxygen atoms in total. The molecule has 2 fully saturated rings. The fourth-order valence-corrected chi connectivity index (χ4v) is 8.78. The summed E-state index contributed by atoms with van der Waals surface area (Å²) in [6.45, 7) is 8.68. The van der Waals surface area contributed by atoms with Gasteiger partial charge < -0.3 is 9.47 Å². The Balaban J connectivity index is 1.46. The molecule has 5 heteroatoms. The van der Waals surface area contributed by atoms with Crippen LogP contribution in [-0.2, 0) is 10.9 Å². The smallest absolute Gasteiger partial charge is 0.170 e. The van der Waals surface area contributed by atoms with Crippen molar-refractivity contribution in [2.75, 3.05) is 0 Å². The molecule has 2 aliphatic rings. The van der Waals surface area contributed by atoms with Gasteiger partial charge in [0, 0.05) is 12.1 Å². The van der Waals surface area contributed by atoms with Crippen LogP contribution >= 0.6 is 0 Å². The molecule has 220 valence electrons. The second-order valence-electron chi connectivity index (χ2n) is 12.6. The summed E-state index contributed by atoms with van der Waals surface area (Å²) in [7, 11) is -0.695. The van der Waals surface area contributed by atoms with Crippen molar-refractivity contribution in [3.05, 3.63) is 78.4 Å². The normalized spacial score (nSPS) is 18.6. The molecule has 0 bridgehead atoms. The van der Waals surface area contributed by atoms with Crippen molar-refractivity contribution in [3.8, 4) is 11.5 Å². The SMILES string of the molecule is CC(C)C1(Oc2ccc([S+](c3ccccc3)c3ccc(OC4(C(C)C)CCCCC4)c(F)c3)cc2F)CCCCC1. The van der Waals surface area contributed by atoms with Crippen LogP contribution in [0.15, 0.2) is 81.4 Å². The number of rotatable bonds is 9. The molecule has 0 amide bonds. The Bertz CT molecular complexity index is 1210. The molecule has 3 aromatic rings. The molecule has 3 aromatic carbocycles. The minimum atomic E-state index is -0.695. The average Bonchev–Trinajstić information content (AvgIpc) is 2.97. The Hall–Kier alpha value is -2.53. The molecular weight excluding hydrogens is 534 g/mol. The van der Waals surface area contributed by atoms with Crippen molar-refractivity contribution < 1.29 is 18.3 Å². The Morgan fingerprint density at radius 1 is 0.561 bits per heavy atom. The minimum Gasteiger partial charge on any atom is -0.484 e. The van der Waals surface area contributed by atoms with Gasteiger partial charge in [-0.1, -0.05) is 58.7 Å². The summed E-state index contributed by atoms with van der Waals surface area (Å²) in [6.07, 6.45) is 10.7. The van der Waals surface area contributed by atoms with E-state index in [0.29, 0.717) is 23.3 Å². The highest BCUT2D eigenvalue weighted by Gasteiger charge is 2.40. The van der Waals surface area contributed by atoms with Gasteiger partial charge in [0.2, 0.25) is 0 Å². The summed E-state index contributed by atoms with van der Waals surface area (Å²) in [5.41, 5.74) is -0.654. The number of ether oxygens (including phenoxy) is 2. The van der Waals surface area contributed by atoms with E-state index in [9.17, 15) is 0 Å². The van der Waals surface area contributed by atoms with E-state index in [4.69, 9.17) is 9.47 Å². The van der Waals surface area contributed by atoms with Crippen molar-refractivity contribution >= 4 is 10.9 Å². The van der Waals surface area contributed by atoms with E-state index in [0.717, 1.165) is 66.1 Å². The molecule has 2 aliphatic carbocycles. The average molecular weight is 580 g/mol. The number of hydrogen-bond donors (Lipinski definition) is 0. The van der Waals surface area contributed by atoms with E-state index in [-0.39, 0.29) is 22.8 Å². The van der Waals surface area contributed by atoms with Gasteiger partial charge in [-0.3, -0.25) is 0 Å². The summed E-state index contributed by atoms with van der Waals surface area (Å²) >= 11 is 0. The quantitative estimate of drug-likeness (QED) is 0.235. The summed E-state index contributed by atoms with van der Waals surface area (Å²) in [4.78, 5) is 2.59. The van der Waals surface area contributed by atoms with Crippen molar-refractivity contribution in [3.63, 3.8) is 0 Å².